The Morgan fingerprint density at radius 1 is 1.47 bits per heavy atom. The molecule has 1 amide bonds. The van der Waals surface area contributed by atoms with E-state index >= 15 is 0 Å². The molecule has 0 aromatic carbocycles. The summed E-state index contributed by atoms with van der Waals surface area (Å²) in [5.41, 5.74) is 0. The zero-order chi connectivity index (χ0) is 14.3. The van der Waals surface area contributed by atoms with Gasteiger partial charge in [-0.15, -0.1) is 11.3 Å². The molecule has 1 aromatic rings. The van der Waals surface area contributed by atoms with E-state index < -0.39 is 0 Å². The average Bonchev–Trinajstić information content (AvgIpc) is 2.82. The lowest BCUT2D eigenvalue weighted by atomic mass is 10.00. The Hall–Kier alpha value is -0.390. The van der Waals surface area contributed by atoms with E-state index in [2.05, 4.69) is 28.2 Å². The van der Waals surface area contributed by atoms with Gasteiger partial charge in [0.15, 0.2) is 0 Å². The van der Waals surface area contributed by atoms with Crippen LogP contribution in [-0.2, 0) is 4.79 Å². The number of rotatable bonds is 8. The van der Waals surface area contributed by atoms with E-state index in [-0.39, 0.29) is 18.4 Å². The molecular weight excluding hydrogens is 326 g/mol. The van der Waals surface area contributed by atoms with Crippen LogP contribution in [0.25, 0.3) is 0 Å². The molecule has 19 heavy (non-hydrogen) atoms. The number of nitrogens with one attached hydrogen (secondary N) is 1. The number of aliphatic hydroxyl groups is 1. The number of hydrogen-bond donors (Lipinski definition) is 2. The second-order valence-electron chi connectivity index (χ2n) is 4.78. The third-order valence-corrected chi connectivity index (χ3v) is 5.02. The second kappa shape index (κ2) is 8.72. The summed E-state index contributed by atoms with van der Waals surface area (Å²) >= 11 is 5.01. The summed E-state index contributed by atoms with van der Waals surface area (Å²) in [6, 6.07) is 3.95. The van der Waals surface area contributed by atoms with Crippen molar-refractivity contribution >= 4 is 33.2 Å². The number of hydrogen-bond acceptors (Lipinski definition) is 3. The van der Waals surface area contributed by atoms with Crippen molar-refractivity contribution in [3.8, 4) is 0 Å². The maximum absolute atomic E-state index is 12.1. The van der Waals surface area contributed by atoms with Crippen molar-refractivity contribution in [3.63, 3.8) is 0 Å². The Bertz CT molecular complexity index is 389. The lowest BCUT2D eigenvalue weighted by Gasteiger charge is -2.17. The fourth-order valence-corrected chi connectivity index (χ4v) is 3.50. The predicted octanol–water partition coefficient (Wildman–Crippen LogP) is 3.53. The van der Waals surface area contributed by atoms with Gasteiger partial charge in [-0.2, -0.15) is 0 Å². The molecule has 0 spiro atoms. The minimum absolute atomic E-state index is 0.0633. The Labute approximate surface area is 127 Å². The fourth-order valence-electron chi connectivity index (χ4n) is 2.03. The number of halogens is 1. The van der Waals surface area contributed by atoms with Gasteiger partial charge < -0.3 is 10.4 Å². The summed E-state index contributed by atoms with van der Waals surface area (Å²) in [5.74, 6) is 0.322. The van der Waals surface area contributed by atoms with Crippen LogP contribution in [0.3, 0.4) is 0 Å². The van der Waals surface area contributed by atoms with Crippen LogP contribution in [0.5, 0.6) is 0 Å². The zero-order valence-electron chi connectivity index (χ0n) is 11.5. The van der Waals surface area contributed by atoms with Crippen molar-refractivity contribution in [2.45, 2.75) is 39.0 Å². The average molecular weight is 348 g/mol. The van der Waals surface area contributed by atoms with E-state index in [0.717, 1.165) is 27.9 Å². The topological polar surface area (TPSA) is 49.3 Å². The highest BCUT2D eigenvalue weighted by Crippen LogP contribution is 2.28. The van der Waals surface area contributed by atoms with Crippen molar-refractivity contribution in [2.24, 2.45) is 5.92 Å². The van der Waals surface area contributed by atoms with Gasteiger partial charge in [-0.1, -0.05) is 13.3 Å². The zero-order valence-corrected chi connectivity index (χ0v) is 13.9. The molecule has 108 valence electrons. The van der Waals surface area contributed by atoms with E-state index in [1.807, 2.05) is 19.1 Å². The van der Waals surface area contributed by atoms with Crippen LogP contribution in [0.2, 0.25) is 0 Å². The Kier molecular flexibility index (Phi) is 7.64. The van der Waals surface area contributed by atoms with E-state index in [0.29, 0.717) is 12.5 Å². The summed E-state index contributed by atoms with van der Waals surface area (Å²) < 4.78 is 1.05. The number of carbonyl (C=O) groups is 1. The van der Waals surface area contributed by atoms with Gasteiger partial charge >= 0.3 is 0 Å². The fraction of sp³-hybridized carbons (Fsp3) is 0.643. The monoisotopic (exact) mass is 347 g/mol. The molecule has 0 aliphatic rings. The highest BCUT2D eigenvalue weighted by atomic mass is 79.9. The minimum Gasteiger partial charge on any atom is -0.396 e. The minimum atomic E-state index is -0.118. The molecule has 0 radical (unpaired) electrons. The highest BCUT2D eigenvalue weighted by molar-refractivity contribution is 9.11. The normalized spacial score (nSPS) is 14.1. The molecule has 3 nitrogen and oxygen atoms in total. The largest absolute Gasteiger partial charge is 0.396 e. The SMILES string of the molecule is CCCC(CCO)CNC(=O)C(C)c1ccc(Br)s1. The van der Waals surface area contributed by atoms with Crippen LogP contribution in [0.4, 0.5) is 0 Å². The van der Waals surface area contributed by atoms with E-state index in [1.54, 1.807) is 11.3 Å². The third kappa shape index (κ3) is 5.63. The van der Waals surface area contributed by atoms with E-state index in [9.17, 15) is 4.79 Å². The molecule has 0 aliphatic carbocycles. The van der Waals surface area contributed by atoms with Gasteiger partial charge in [-0.05, 0) is 53.7 Å². The van der Waals surface area contributed by atoms with E-state index in [4.69, 9.17) is 5.11 Å². The van der Waals surface area contributed by atoms with Gasteiger partial charge in [0.05, 0.1) is 9.70 Å². The molecule has 2 N–H and O–H groups in total. The Morgan fingerprint density at radius 2 is 2.21 bits per heavy atom. The summed E-state index contributed by atoms with van der Waals surface area (Å²) in [6.45, 7) is 4.89. The van der Waals surface area contributed by atoms with Crippen molar-refractivity contribution in [2.75, 3.05) is 13.2 Å². The third-order valence-electron chi connectivity index (χ3n) is 3.21. The summed E-state index contributed by atoms with van der Waals surface area (Å²) in [4.78, 5) is 13.2. The highest BCUT2D eigenvalue weighted by Gasteiger charge is 2.18. The first-order valence-corrected chi connectivity index (χ1v) is 8.33. The van der Waals surface area contributed by atoms with Crippen LogP contribution in [0, 0.1) is 5.92 Å². The first-order chi connectivity index (χ1) is 9.08. The Morgan fingerprint density at radius 3 is 2.74 bits per heavy atom. The number of aliphatic hydroxyl groups excluding tert-OH is 1. The van der Waals surface area contributed by atoms with Crippen LogP contribution < -0.4 is 5.32 Å². The summed E-state index contributed by atoms with van der Waals surface area (Å²) in [7, 11) is 0. The van der Waals surface area contributed by atoms with E-state index in [1.165, 1.54) is 0 Å². The second-order valence-corrected chi connectivity index (χ2v) is 7.27. The number of amides is 1. The van der Waals surface area contributed by atoms with Gasteiger partial charge in [-0.3, -0.25) is 4.79 Å². The molecule has 1 aromatic heterocycles. The van der Waals surface area contributed by atoms with Gasteiger partial charge in [0.2, 0.25) is 5.91 Å². The van der Waals surface area contributed by atoms with Crippen molar-refractivity contribution in [1.82, 2.24) is 5.32 Å². The van der Waals surface area contributed by atoms with Crippen LogP contribution >= 0.6 is 27.3 Å². The lowest BCUT2D eigenvalue weighted by molar-refractivity contribution is -0.122. The molecule has 1 rings (SSSR count). The molecule has 2 unspecified atom stereocenters. The lowest BCUT2D eigenvalue weighted by Crippen LogP contribution is -2.32. The molecule has 0 fully saturated rings. The van der Waals surface area contributed by atoms with Gasteiger partial charge in [0, 0.05) is 18.0 Å². The molecular formula is C14H22BrNO2S. The van der Waals surface area contributed by atoms with Crippen molar-refractivity contribution < 1.29 is 9.90 Å². The van der Waals surface area contributed by atoms with Crippen molar-refractivity contribution in [3.05, 3.63) is 20.8 Å². The summed E-state index contributed by atoms with van der Waals surface area (Å²) in [6.07, 6.45) is 2.88. The van der Waals surface area contributed by atoms with Gasteiger partial charge in [0.1, 0.15) is 0 Å². The van der Waals surface area contributed by atoms with Crippen LogP contribution in [-0.4, -0.2) is 24.2 Å². The predicted molar refractivity (Wildman–Crippen MR) is 83.5 cm³/mol. The quantitative estimate of drug-likeness (QED) is 0.755. The Balaban J connectivity index is 2.45. The first kappa shape index (κ1) is 16.7. The molecule has 0 saturated heterocycles. The van der Waals surface area contributed by atoms with Gasteiger partial charge in [-0.25, -0.2) is 0 Å². The summed E-state index contributed by atoms with van der Waals surface area (Å²) in [5, 5.41) is 12.0. The number of thiophene rings is 1. The molecule has 0 aliphatic heterocycles. The first-order valence-electron chi connectivity index (χ1n) is 6.72. The molecule has 1 heterocycles. The smallest absolute Gasteiger partial charge is 0.228 e. The molecule has 0 saturated carbocycles. The molecule has 0 bridgehead atoms. The number of carbonyl (C=O) groups excluding carboxylic acids is 1. The van der Waals surface area contributed by atoms with Gasteiger partial charge in [0.25, 0.3) is 0 Å². The molecule has 5 heteroatoms. The standard InChI is InChI=1S/C14H22BrNO2S/c1-3-4-11(7-8-17)9-16-14(18)10(2)12-5-6-13(15)19-12/h5-6,10-11,17H,3-4,7-9H2,1-2H3,(H,16,18). The van der Waals surface area contributed by atoms with Crippen LogP contribution in [0.1, 0.15) is 43.9 Å². The van der Waals surface area contributed by atoms with Crippen LogP contribution in [0.15, 0.2) is 15.9 Å². The van der Waals surface area contributed by atoms with Crippen molar-refractivity contribution in [1.29, 1.82) is 0 Å². The maximum atomic E-state index is 12.1. The molecule has 2 atom stereocenters. The maximum Gasteiger partial charge on any atom is 0.228 e.